The lowest BCUT2D eigenvalue weighted by Crippen LogP contribution is -2.57. The normalized spacial score (nSPS) is 11.8. The predicted octanol–water partition coefficient (Wildman–Crippen LogP) is 4.33. The molecule has 0 heterocycles. The Morgan fingerprint density at radius 3 is 2.03 bits per heavy atom. The average molecular weight is 438 g/mol. The van der Waals surface area contributed by atoms with E-state index < -0.39 is 25.6 Å². The van der Waals surface area contributed by atoms with Crippen molar-refractivity contribution in [2.45, 2.75) is 77.2 Å². The molecule has 170 valence electrons. The predicted molar refractivity (Wildman–Crippen MR) is 122 cm³/mol. The minimum atomic E-state index is -1.79. The summed E-state index contributed by atoms with van der Waals surface area (Å²) in [6, 6.07) is 10.3. The minimum Gasteiger partial charge on any atom is -0.494 e. The fraction of sp³-hybridized carbons (Fsp3) is 0.652. The topological polar surface area (TPSA) is 87.9 Å². The summed E-state index contributed by atoms with van der Waals surface area (Å²) in [6.45, 7) is 11.5. The summed E-state index contributed by atoms with van der Waals surface area (Å²) in [5, 5.41) is 0. The van der Waals surface area contributed by atoms with Gasteiger partial charge in [-0.3, -0.25) is 0 Å². The van der Waals surface area contributed by atoms with Gasteiger partial charge < -0.3 is 19.9 Å². The van der Waals surface area contributed by atoms with Crippen molar-refractivity contribution in [3.05, 3.63) is 29.8 Å². The second kappa shape index (κ2) is 12.7. The molecule has 0 radical (unpaired) electrons. The molecule has 0 fully saturated rings. The van der Waals surface area contributed by atoms with E-state index in [1.165, 1.54) is 18.5 Å². The van der Waals surface area contributed by atoms with E-state index in [9.17, 15) is 9.59 Å². The lowest BCUT2D eigenvalue weighted by atomic mass is 9.92. The van der Waals surface area contributed by atoms with Crippen LogP contribution in [0.3, 0.4) is 0 Å². The molecule has 0 saturated carbocycles. The molecule has 0 aliphatic heterocycles. The second-order valence-electron chi connectivity index (χ2n) is 8.38. The van der Waals surface area contributed by atoms with E-state index in [0.29, 0.717) is 13.0 Å². The van der Waals surface area contributed by atoms with E-state index in [1.807, 2.05) is 24.3 Å². The Morgan fingerprint density at radius 1 is 0.967 bits per heavy atom. The smallest absolute Gasteiger partial charge is 0.337 e. The van der Waals surface area contributed by atoms with E-state index in [-0.39, 0.29) is 19.6 Å². The van der Waals surface area contributed by atoms with Crippen LogP contribution in [0.15, 0.2) is 24.3 Å². The second-order valence-corrected chi connectivity index (χ2v) is 13.9. The first-order chi connectivity index (χ1) is 14.2. The third-order valence-corrected chi connectivity index (χ3v) is 9.11. The molecule has 0 amide bonds. The molecule has 0 bridgehead atoms. The maximum Gasteiger partial charge on any atom is 0.337 e. The molecule has 0 atom stereocenters. The number of rotatable bonds is 14. The third kappa shape index (κ3) is 8.48. The number of carbonyl (C=O) groups is 2. The van der Waals surface area contributed by atoms with Crippen molar-refractivity contribution in [3.63, 3.8) is 0 Å². The summed E-state index contributed by atoms with van der Waals surface area (Å²) in [7, 11) is -0.997. The van der Waals surface area contributed by atoms with Crippen LogP contribution in [0.1, 0.15) is 45.6 Å². The summed E-state index contributed by atoms with van der Waals surface area (Å²) in [5.41, 5.74) is 5.26. The van der Waals surface area contributed by atoms with Gasteiger partial charge in [0.05, 0.1) is 19.8 Å². The van der Waals surface area contributed by atoms with Gasteiger partial charge in [-0.1, -0.05) is 50.7 Å². The van der Waals surface area contributed by atoms with Gasteiger partial charge in [-0.15, -0.1) is 0 Å². The Bertz CT molecular complexity index is 642. The monoisotopic (exact) mass is 437 g/mol. The first-order valence-electron chi connectivity index (χ1n) is 11.0. The Kier molecular flexibility index (Phi) is 11.1. The Balaban J connectivity index is 2.55. The zero-order valence-electron chi connectivity index (χ0n) is 19.3. The first kappa shape index (κ1) is 26.2. The summed E-state index contributed by atoms with van der Waals surface area (Å²) >= 11 is 0. The fourth-order valence-electron chi connectivity index (χ4n) is 2.97. The number of unbranched alkanes of at least 4 members (excludes halogenated alkanes) is 1. The maximum atomic E-state index is 12.2. The minimum absolute atomic E-state index is 0.113. The molecule has 0 aliphatic rings. The van der Waals surface area contributed by atoms with E-state index in [2.05, 4.69) is 20.0 Å². The largest absolute Gasteiger partial charge is 0.494 e. The number of ether oxygens (including phenoxy) is 3. The van der Waals surface area contributed by atoms with Gasteiger partial charge in [0.15, 0.2) is 0 Å². The van der Waals surface area contributed by atoms with Crippen molar-refractivity contribution >= 4 is 20.0 Å². The van der Waals surface area contributed by atoms with Gasteiger partial charge in [0.2, 0.25) is 5.54 Å². The van der Waals surface area contributed by atoms with Gasteiger partial charge in [-0.2, -0.15) is 0 Å². The van der Waals surface area contributed by atoms with Gasteiger partial charge in [-0.25, -0.2) is 9.59 Å². The van der Waals surface area contributed by atoms with Gasteiger partial charge in [-0.05, 0) is 50.8 Å². The third-order valence-electron chi connectivity index (χ3n) is 5.48. The van der Waals surface area contributed by atoms with Crippen molar-refractivity contribution in [1.82, 2.24) is 0 Å². The SMILES string of the molecule is CCOC(=O)C(N)(CCc1ccc(OCCCC[Si](C)(C)CC)cc1)C(=O)OCC. The van der Waals surface area contributed by atoms with Crippen LogP contribution < -0.4 is 10.5 Å². The Labute approximate surface area is 182 Å². The van der Waals surface area contributed by atoms with Gasteiger partial charge >= 0.3 is 11.9 Å². The molecule has 7 heteroatoms. The number of nitrogens with two attached hydrogens (primary N) is 1. The van der Waals surface area contributed by atoms with Crippen LogP contribution in [0, 0.1) is 0 Å². The van der Waals surface area contributed by atoms with Crippen molar-refractivity contribution in [1.29, 1.82) is 0 Å². The average Bonchev–Trinajstić information content (AvgIpc) is 2.72. The van der Waals surface area contributed by atoms with Gasteiger partial charge in [0, 0.05) is 8.07 Å². The molecule has 6 nitrogen and oxygen atoms in total. The zero-order chi connectivity index (χ0) is 22.6. The van der Waals surface area contributed by atoms with Crippen molar-refractivity contribution in [2.24, 2.45) is 5.73 Å². The molecular formula is C23H39NO5Si. The van der Waals surface area contributed by atoms with Crippen LogP contribution in [0.4, 0.5) is 0 Å². The maximum absolute atomic E-state index is 12.2. The molecule has 0 aliphatic carbocycles. The number of esters is 2. The standard InChI is InChI=1S/C23H39NO5Si/c1-6-27-21(25)23(24,22(26)28-7-2)16-15-19-11-13-20(14-12-19)29-17-9-10-18-30(4,5)8-3/h11-14H,6-10,15-18,24H2,1-5H3. The highest BCUT2D eigenvalue weighted by atomic mass is 28.3. The highest BCUT2D eigenvalue weighted by molar-refractivity contribution is 6.77. The number of benzene rings is 1. The van der Waals surface area contributed by atoms with E-state index >= 15 is 0 Å². The molecule has 1 aromatic carbocycles. The summed E-state index contributed by atoms with van der Waals surface area (Å²) < 4.78 is 15.8. The molecule has 30 heavy (non-hydrogen) atoms. The molecule has 0 saturated heterocycles. The molecule has 1 aromatic rings. The quantitative estimate of drug-likeness (QED) is 0.202. The van der Waals surface area contributed by atoms with E-state index in [4.69, 9.17) is 19.9 Å². The van der Waals surface area contributed by atoms with Crippen molar-refractivity contribution in [2.75, 3.05) is 19.8 Å². The number of hydrogen-bond donors (Lipinski definition) is 1. The molecule has 0 aromatic heterocycles. The summed E-state index contributed by atoms with van der Waals surface area (Å²) in [5.74, 6) is -0.684. The Hall–Kier alpha value is -1.86. The lowest BCUT2D eigenvalue weighted by molar-refractivity contribution is -0.164. The van der Waals surface area contributed by atoms with Crippen LogP contribution in [-0.4, -0.2) is 45.4 Å². The van der Waals surface area contributed by atoms with E-state index in [1.54, 1.807) is 13.8 Å². The highest BCUT2D eigenvalue weighted by Gasteiger charge is 2.44. The number of hydrogen-bond acceptors (Lipinski definition) is 6. The molecule has 1 rings (SSSR count). The van der Waals surface area contributed by atoms with Crippen LogP contribution in [-0.2, 0) is 25.5 Å². The van der Waals surface area contributed by atoms with E-state index in [0.717, 1.165) is 17.7 Å². The molecule has 0 unspecified atom stereocenters. The van der Waals surface area contributed by atoms with Crippen LogP contribution in [0.25, 0.3) is 0 Å². The number of carbonyl (C=O) groups excluding carboxylic acids is 2. The fourth-order valence-corrected chi connectivity index (χ4v) is 4.53. The van der Waals surface area contributed by atoms with Crippen molar-refractivity contribution in [3.8, 4) is 5.75 Å². The van der Waals surface area contributed by atoms with Crippen LogP contribution in [0.5, 0.6) is 5.75 Å². The number of aryl methyl sites for hydroxylation is 1. The zero-order valence-corrected chi connectivity index (χ0v) is 20.3. The highest BCUT2D eigenvalue weighted by Crippen LogP contribution is 2.20. The summed E-state index contributed by atoms with van der Waals surface area (Å²) in [6.07, 6.45) is 2.84. The Morgan fingerprint density at radius 2 is 1.53 bits per heavy atom. The molecule has 0 spiro atoms. The van der Waals surface area contributed by atoms with Crippen LogP contribution >= 0.6 is 0 Å². The van der Waals surface area contributed by atoms with Crippen molar-refractivity contribution < 1.29 is 23.8 Å². The van der Waals surface area contributed by atoms with Gasteiger partial charge in [0.1, 0.15) is 5.75 Å². The molecular weight excluding hydrogens is 398 g/mol. The molecule has 2 N–H and O–H groups in total. The summed E-state index contributed by atoms with van der Waals surface area (Å²) in [4.78, 5) is 24.5. The first-order valence-corrected chi connectivity index (χ1v) is 14.4. The lowest BCUT2D eigenvalue weighted by Gasteiger charge is -2.24. The van der Waals surface area contributed by atoms with Gasteiger partial charge in [0.25, 0.3) is 0 Å². The van der Waals surface area contributed by atoms with Crippen LogP contribution in [0.2, 0.25) is 25.2 Å².